The van der Waals surface area contributed by atoms with E-state index >= 15 is 0 Å². The van der Waals surface area contributed by atoms with E-state index in [9.17, 15) is 8.78 Å². The number of halogens is 3. The molecule has 0 bridgehead atoms. The normalized spacial score (nSPS) is 10.3. The Morgan fingerprint density at radius 3 is 2.47 bits per heavy atom. The van der Waals surface area contributed by atoms with Crippen molar-refractivity contribution in [2.75, 3.05) is 0 Å². The Morgan fingerprint density at radius 1 is 1.11 bits per heavy atom. The van der Waals surface area contributed by atoms with Crippen molar-refractivity contribution in [2.45, 2.75) is 0 Å². The second kappa shape index (κ2) is 5.50. The van der Waals surface area contributed by atoms with Gasteiger partial charge in [0.25, 0.3) is 0 Å². The first-order valence-electron chi connectivity index (χ1n) is 5.19. The van der Waals surface area contributed by atoms with Crippen molar-refractivity contribution in [3.8, 4) is 11.5 Å². The number of thiocarbonyl (C=S) groups is 1. The molecule has 0 unspecified atom stereocenters. The molecule has 0 saturated heterocycles. The summed E-state index contributed by atoms with van der Waals surface area (Å²) in [5, 5.41) is 0.203. The van der Waals surface area contributed by atoms with Crippen molar-refractivity contribution in [1.82, 2.24) is 0 Å². The van der Waals surface area contributed by atoms with E-state index in [2.05, 4.69) is 0 Å². The maximum Gasteiger partial charge on any atom is 0.166 e. The third kappa shape index (κ3) is 3.19. The Balaban J connectivity index is 2.33. The number of hydrogen-bond acceptors (Lipinski definition) is 2. The van der Waals surface area contributed by atoms with Crippen LogP contribution < -0.4 is 10.5 Å². The van der Waals surface area contributed by atoms with Crippen LogP contribution >= 0.6 is 23.8 Å². The summed E-state index contributed by atoms with van der Waals surface area (Å²) in [6, 6.07) is 7.48. The van der Waals surface area contributed by atoms with Crippen LogP contribution in [0, 0.1) is 11.6 Å². The van der Waals surface area contributed by atoms with Gasteiger partial charge in [0, 0.05) is 11.6 Å². The van der Waals surface area contributed by atoms with Crippen LogP contribution in [0.25, 0.3) is 0 Å². The summed E-state index contributed by atoms with van der Waals surface area (Å²) < 4.78 is 31.7. The quantitative estimate of drug-likeness (QED) is 0.869. The molecule has 0 aliphatic carbocycles. The number of ether oxygens (including phenoxy) is 1. The lowest BCUT2D eigenvalue weighted by atomic mass is 10.2. The van der Waals surface area contributed by atoms with Gasteiger partial charge in [0.1, 0.15) is 16.6 Å². The molecule has 0 spiro atoms. The van der Waals surface area contributed by atoms with Crippen LogP contribution in [0.1, 0.15) is 5.56 Å². The van der Waals surface area contributed by atoms with Gasteiger partial charge in [0.05, 0.1) is 5.02 Å². The fourth-order valence-electron chi connectivity index (χ4n) is 1.41. The number of benzene rings is 2. The van der Waals surface area contributed by atoms with Crippen molar-refractivity contribution in [3.05, 3.63) is 58.6 Å². The van der Waals surface area contributed by atoms with E-state index in [0.717, 1.165) is 18.2 Å². The van der Waals surface area contributed by atoms with Gasteiger partial charge in [0.15, 0.2) is 11.6 Å². The van der Waals surface area contributed by atoms with E-state index in [-0.39, 0.29) is 21.5 Å². The van der Waals surface area contributed by atoms with E-state index in [0.29, 0.717) is 5.56 Å². The van der Waals surface area contributed by atoms with Crippen LogP contribution in [0.2, 0.25) is 5.02 Å². The highest BCUT2D eigenvalue weighted by Crippen LogP contribution is 2.31. The van der Waals surface area contributed by atoms with Crippen LogP contribution in [-0.4, -0.2) is 4.99 Å². The monoisotopic (exact) mass is 299 g/mol. The highest BCUT2D eigenvalue weighted by atomic mass is 35.5. The Labute approximate surface area is 118 Å². The summed E-state index contributed by atoms with van der Waals surface area (Å²) >= 11 is 10.8. The fraction of sp³-hybridized carbons (Fsp3) is 0. The van der Waals surface area contributed by atoms with Crippen molar-refractivity contribution in [1.29, 1.82) is 0 Å². The summed E-state index contributed by atoms with van der Waals surface area (Å²) in [6.07, 6.45) is 0. The van der Waals surface area contributed by atoms with Crippen LogP contribution in [0.3, 0.4) is 0 Å². The van der Waals surface area contributed by atoms with Crippen LogP contribution in [0.4, 0.5) is 8.78 Å². The third-order valence-corrected chi connectivity index (χ3v) is 2.86. The smallest absolute Gasteiger partial charge is 0.166 e. The van der Waals surface area contributed by atoms with Gasteiger partial charge >= 0.3 is 0 Å². The van der Waals surface area contributed by atoms with E-state index in [1.807, 2.05) is 0 Å². The number of hydrogen-bond donors (Lipinski definition) is 1. The average molecular weight is 300 g/mol. The van der Waals surface area contributed by atoms with E-state index in [1.165, 1.54) is 12.1 Å². The molecule has 0 aromatic heterocycles. The van der Waals surface area contributed by atoms with Gasteiger partial charge in [-0.1, -0.05) is 23.8 Å². The second-order valence-corrected chi connectivity index (χ2v) is 4.53. The highest BCUT2D eigenvalue weighted by molar-refractivity contribution is 7.80. The van der Waals surface area contributed by atoms with Gasteiger partial charge in [-0.2, -0.15) is 0 Å². The average Bonchev–Trinajstić information content (AvgIpc) is 2.36. The topological polar surface area (TPSA) is 35.2 Å². The Bertz CT molecular complexity index is 649. The van der Waals surface area contributed by atoms with E-state index in [4.69, 9.17) is 34.3 Å². The van der Waals surface area contributed by atoms with Gasteiger partial charge in [-0.15, -0.1) is 0 Å². The third-order valence-electron chi connectivity index (χ3n) is 2.33. The second-order valence-electron chi connectivity index (χ2n) is 3.69. The Morgan fingerprint density at radius 2 is 1.84 bits per heavy atom. The molecule has 6 heteroatoms. The lowest BCUT2D eigenvalue weighted by molar-refractivity contribution is 0.436. The summed E-state index contributed by atoms with van der Waals surface area (Å²) in [6.45, 7) is 0. The zero-order valence-corrected chi connectivity index (χ0v) is 11.1. The molecule has 2 aromatic carbocycles. The molecule has 0 heterocycles. The molecule has 0 atom stereocenters. The predicted molar refractivity (Wildman–Crippen MR) is 73.8 cm³/mol. The predicted octanol–water partition coefficient (Wildman–Crippen LogP) is 4.04. The van der Waals surface area contributed by atoms with Crippen molar-refractivity contribution in [3.63, 3.8) is 0 Å². The first kappa shape index (κ1) is 13.7. The molecule has 0 aliphatic rings. The minimum Gasteiger partial charge on any atom is -0.453 e. The zero-order chi connectivity index (χ0) is 14.0. The minimum atomic E-state index is -0.684. The van der Waals surface area contributed by atoms with Gasteiger partial charge < -0.3 is 10.5 Å². The van der Waals surface area contributed by atoms with E-state index < -0.39 is 11.6 Å². The molecule has 2 nitrogen and oxygen atoms in total. The summed E-state index contributed by atoms with van der Waals surface area (Å²) in [4.78, 5) is 0.186. The van der Waals surface area contributed by atoms with Gasteiger partial charge in [-0.05, 0) is 30.3 Å². The maximum absolute atomic E-state index is 13.4. The van der Waals surface area contributed by atoms with Crippen molar-refractivity contribution in [2.24, 2.45) is 5.73 Å². The lowest BCUT2D eigenvalue weighted by Crippen LogP contribution is -2.09. The molecule has 0 amide bonds. The highest BCUT2D eigenvalue weighted by Gasteiger charge is 2.10. The van der Waals surface area contributed by atoms with E-state index in [1.54, 1.807) is 6.07 Å². The molecule has 0 aliphatic heterocycles. The fourth-order valence-corrected chi connectivity index (χ4v) is 1.76. The van der Waals surface area contributed by atoms with Crippen LogP contribution in [-0.2, 0) is 0 Å². The zero-order valence-electron chi connectivity index (χ0n) is 9.49. The molecule has 0 radical (unpaired) electrons. The van der Waals surface area contributed by atoms with Crippen LogP contribution in [0.15, 0.2) is 36.4 Å². The molecule has 2 aromatic rings. The standard InChI is InChI=1S/C13H8ClF2NOS/c14-9-5-7(13(17)19)1-4-11(9)18-12-6-8(15)2-3-10(12)16/h1-6H,(H2,17,19). The summed E-state index contributed by atoms with van der Waals surface area (Å²) in [5.41, 5.74) is 6.01. The molecular weight excluding hydrogens is 292 g/mol. The van der Waals surface area contributed by atoms with Crippen molar-refractivity contribution < 1.29 is 13.5 Å². The molecule has 98 valence electrons. The number of nitrogens with two attached hydrogens (primary N) is 1. The molecule has 2 N–H and O–H groups in total. The maximum atomic E-state index is 13.4. The lowest BCUT2D eigenvalue weighted by Gasteiger charge is -2.09. The van der Waals surface area contributed by atoms with Gasteiger partial charge in [-0.25, -0.2) is 8.78 Å². The minimum absolute atomic E-state index is 0.186. The summed E-state index contributed by atoms with van der Waals surface area (Å²) in [7, 11) is 0. The Hall–Kier alpha value is -1.72. The van der Waals surface area contributed by atoms with Gasteiger partial charge in [0.2, 0.25) is 0 Å². The van der Waals surface area contributed by atoms with Crippen LogP contribution in [0.5, 0.6) is 11.5 Å². The molecule has 19 heavy (non-hydrogen) atoms. The first-order chi connectivity index (χ1) is 8.97. The summed E-state index contributed by atoms with van der Waals surface area (Å²) in [5.74, 6) is -1.35. The number of rotatable bonds is 3. The van der Waals surface area contributed by atoms with Gasteiger partial charge in [-0.3, -0.25) is 0 Å². The van der Waals surface area contributed by atoms with Crippen molar-refractivity contribution >= 4 is 28.8 Å². The SMILES string of the molecule is NC(=S)c1ccc(Oc2cc(F)ccc2F)c(Cl)c1. The Kier molecular flexibility index (Phi) is 3.97. The first-order valence-corrected chi connectivity index (χ1v) is 5.98. The molecule has 2 rings (SSSR count). The molecule has 0 saturated carbocycles. The largest absolute Gasteiger partial charge is 0.453 e. The molecular formula is C13H8ClF2NOS. The molecule has 0 fully saturated rings.